The Bertz CT molecular complexity index is 1000. The number of fused-ring (bicyclic) bond motifs is 1. The van der Waals surface area contributed by atoms with Crippen LogP contribution in [0.3, 0.4) is 0 Å². The Balaban J connectivity index is 2.08. The Labute approximate surface area is 192 Å². The molecule has 1 aromatic heterocycles. The van der Waals surface area contributed by atoms with Crippen molar-refractivity contribution in [1.29, 1.82) is 0 Å². The Morgan fingerprint density at radius 2 is 1.76 bits per heavy atom. The molecule has 0 unspecified atom stereocenters. The minimum atomic E-state index is -0.223. The molecule has 0 aliphatic heterocycles. The van der Waals surface area contributed by atoms with Crippen LogP contribution in [0.25, 0.3) is 10.9 Å². The minimum absolute atomic E-state index is 0.223. The van der Waals surface area contributed by atoms with Crippen LogP contribution in [0.4, 0.5) is 4.39 Å². The summed E-state index contributed by atoms with van der Waals surface area (Å²) in [5.74, 6) is 0.827. The number of aromatic nitrogens is 1. The van der Waals surface area contributed by atoms with Crippen LogP contribution in [0.2, 0.25) is 0 Å². The maximum atomic E-state index is 13.2. The number of thioether (sulfide) groups is 1. The largest absolute Gasteiger partial charge is 0.506 e. The first kappa shape index (κ1) is 22.7. The van der Waals surface area contributed by atoms with Crippen molar-refractivity contribution in [3.8, 4) is 5.75 Å². The van der Waals surface area contributed by atoms with Crippen molar-refractivity contribution < 1.29 is 9.50 Å². The molecule has 3 rings (SSSR count). The average molecular weight is 544 g/mol. The van der Waals surface area contributed by atoms with Gasteiger partial charge in [0.1, 0.15) is 11.6 Å². The quantitative estimate of drug-likeness (QED) is 0.305. The molecule has 156 valence electrons. The number of benzene rings is 2. The van der Waals surface area contributed by atoms with E-state index in [-0.39, 0.29) is 5.82 Å². The van der Waals surface area contributed by atoms with Crippen molar-refractivity contribution in [2.75, 3.05) is 13.1 Å². The van der Waals surface area contributed by atoms with Crippen LogP contribution in [0.15, 0.2) is 44.2 Å². The number of phenols is 1. The summed E-state index contributed by atoms with van der Waals surface area (Å²) in [6.07, 6.45) is 0. The number of aromatic hydroxyl groups is 1. The van der Waals surface area contributed by atoms with E-state index in [2.05, 4.69) is 62.1 Å². The van der Waals surface area contributed by atoms with Crippen molar-refractivity contribution >= 4 is 54.5 Å². The summed E-state index contributed by atoms with van der Waals surface area (Å²) in [5, 5.41) is 11.9. The third kappa shape index (κ3) is 4.68. The van der Waals surface area contributed by atoms with E-state index in [1.54, 1.807) is 23.9 Å². The van der Waals surface area contributed by atoms with E-state index in [1.807, 2.05) is 6.07 Å². The molecule has 0 amide bonds. The lowest BCUT2D eigenvalue weighted by Gasteiger charge is -2.20. The van der Waals surface area contributed by atoms with Crippen molar-refractivity contribution in [3.05, 3.63) is 56.4 Å². The average Bonchev–Trinajstić information content (AvgIpc) is 2.98. The van der Waals surface area contributed by atoms with Crippen molar-refractivity contribution in [3.63, 3.8) is 0 Å². The molecule has 0 aliphatic rings. The fraction of sp³-hybridized carbons (Fsp3) is 0.364. The summed E-state index contributed by atoms with van der Waals surface area (Å²) in [6, 6.07) is 8.59. The molecule has 7 heteroatoms. The zero-order valence-corrected chi connectivity index (χ0v) is 20.8. The van der Waals surface area contributed by atoms with Crippen LogP contribution < -0.4 is 0 Å². The summed E-state index contributed by atoms with van der Waals surface area (Å²) >= 11 is 9.05. The highest BCUT2D eigenvalue weighted by Crippen LogP contribution is 2.43. The van der Waals surface area contributed by atoms with Crippen LogP contribution in [0, 0.1) is 5.82 Å². The molecule has 1 heterocycles. The fourth-order valence-electron chi connectivity index (χ4n) is 3.55. The first-order valence-corrected chi connectivity index (χ1v) is 12.3. The third-order valence-electron chi connectivity index (χ3n) is 5.20. The Morgan fingerprint density at radius 1 is 1.10 bits per heavy atom. The first-order chi connectivity index (χ1) is 13.9. The van der Waals surface area contributed by atoms with E-state index >= 15 is 0 Å². The molecular formula is C22H25Br2FN2OS. The lowest BCUT2D eigenvalue weighted by Crippen LogP contribution is -2.22. The van der Waals surface area contributed by atoms with Gasteiger partial charge in [-0.15, -0.1) is 11.8 Å². The summed E-state index contributed by atoms with van der Waals surface area (Å²) in [7, 11) is 0. The topological polar surface area (TPSA) is 28.4 Å². The summed E-state index contributed by atoms with van der Waals surface area (Å²) in [5.41, 5.74) is 3.20. The SMILES string of the molecule is CCN(CC)Cc1c(O)c(Br)cc2c1c(Br)c(CSc1ccc(F)cc1)n2CC. The summed E-state index contributed by atoms with van der Waals surface area (Å²) in [6.45, 7) is 9.74. The van der Waals surface area contributed by atoms with Gasteiger partial charge in [-0.3, -0.25) is 4.90 Å². The van der Waals surface area contributed by atoms with Crippen LogP contribution >= 0.6 is 43.6 Å². The minimum Gasteiger partial charge on any atom is -0.506 e. The highest BCUT2D eigenvalue weighted by Gasteiger charge is 2.22. The molecule has 0 aliphatic carbocycles. The molecule has 0 saturated heterocycles. The molecular weight excluding hydrogens is 519 g/mol. The number of phenolic OH excluding ortho intramolecular Hbond substituents is 1. The van der Waals surface area contributed by atoms with Crippen molar-refractivity contribution in [2.24, 2.45) is 0 Å². The Kier molecular flexibility index (Phi) is 7.70. The van der Waals surface area contributed by atoms with Gasteiger partial charge in [0.25, 0.3) is 0 Å². The Morgan fingerprint density at radius 3 is 2.34 bits per heavy atom. The summed E-state index contributed by atoms with van der Waals surface area (Å²) < 4.78 is 17.2. The normalized spacial score (nSPS) is 11.7. The standard InChI is InChI=1S/C22H25Br2FN2OS/c1-4-26(5-2)12-16-20-18(11-17(23)22(16)28)27(6-3)19(21(20)24)13-29-15-9-7-14(25)8-10-15/h7-11,28H,4-6,12-13H2,1-3H3. The van der Waals surface area contributed by atoms with Gasteiger partial charge in [-0.05, 0) is 82.2 Å². The summed E-state index contributed by atoms with van der Waals surface area (Å²) in [4.78, 5) is 3.32. The van der Waals surface area contributed by atoms with Gasteiger partial charge in [0.05, 0.1) is 9.99 Å². The van der Waals surface area contributed by atoms with E-state index in [0.717, 1.165) is 56.9 Å². The molecule has 1 N–H and O–H groups in total. The lowest BCUT2D eigenvalue weighted by atomic mass is 10.1. The zero-order valence-electron chi connectivity index (χ0n) is 16.8. The second-order valence-electron chi connectivity index (χ2n) is 6.79. The number of nitrogens with zero attached hydrogens (tertiary/aromatic N) is 2. The second-order valence-corrected chi connectivity index (χ2v) is 9.48. The van der Waals surface area contributed by atoms with Gasteiger partial charge in [0, 0.05) is 44.9 Å². The van der Waals surface area contributed by atoms with E-state index in [0.29, 0.717) is 16.8 Å². The number of halogens is 3. The highest BCUT2D eigenvalue weighted by atomic mass is 79.9. The third-order valence-corrected chi connectivity index (χ3v) is 7.69. The molecule has 0 radical (unpaired) electrons. The van der Waals surface area contributed by atoms with Gasteiger partial charge < -0.3 is 9.67 Å². The maximum absolute atomic E-state index is 13.2. The molecule has 0 spiro atoms. The van der Waals surface area contributed by atoms with E-state index in [1.165, 1.54) is 12.1 Å². The molecule has 0 fully saturated rings. The predicted octanol–water partition coefficient (Wildman–Crippen LogP) is 7.17. The zero-order chi connectivity index (χ0) is 21.1. The molecule has 0 saturated carbocycles. The number of rotatable bonds is 8. The van der Waals surface area contributed by atoms with Crippen LogP contribution in [-0.2, 0) is 18.8 Å². The van der Waals surface area contributed by atoms with Gasteiger partial charge in [0.2, 0.25) is 0 Å². The monoisotopic (exact) mass is 542 g/mol. The van der Waals surface area contributed by atoms with Crippen LogP contribution in [-0.4, -0.2) is 27.7 Å². The first-order valence-electron chi connectivity index (χ1n) is 9.72. The van der Waals surface area contributed by atoms with Gasteiger partial charge in [-0.25, -0.2) is 4.39 Å². The maximum Gasteiger partial charge on any atom is 0.135 e. The van der Waals surface area contributed by atoms with Crippen molar-refractivity contribution in [2.45, 2.75) is 44.5 Å². The van der Waals surface area contributed by atoms with Crippen LogP contribution in [0.5, 0.6) is 5.75 Å². The molecule has 29 heavy (non-hydrogen) atoms. The molecule has 2 aromatic carbocycles. The van der Waals surface area contributed by atoms with E-state index < -0.39 is 0 Å². The number of hydrogen-bond acceptors (Lipinski definition) is 3. The fourth-order valence-corrected chi connectivity index (χ4v) is 5.92. The number of hydrogen-bond donors (Lipinski definition) is 1. The van der Waals surface area contributed by atoms with E-state index in [9.17, 15) is 9.50 Å². The van der Waals surface area contributed by atoms with Gasteiger partial charge in [0.15, 0.2) is 0 Å². The Hall–Kier alpha value is -1.02. The van der Waals surface area contributed by atoms with Gasteiger partial charge in [-0.2, -0.15) is 0 Å². The molecule has 0 bridgehead atoms. The lowest BCUT2D eigenvalue weighted by molar-refractivity contribution is 0.292. The molecule has 3 nitrogen and oxygen atoms in total. The predicted molar refractivity (Wildman–Crippen MR) is 127 cm³/mol. The smallest absolute Gasteiger partial charge is 0.135 e. The second kappa shape index (κ2) is 9.86. The van der Waals surface area contributed by atoms with Crippen molar-refractivity contribution in [1.82, 2.24) is 9.47 Å². The molecule has 0 atom stereocenters. The highest BCUT2D eigenvalue weighted by molar-refractivity contribution is 9.11. The van der Waals surface area contributed by atoms with E-state index in [4.69, 9.17) is 0 Å². The number of aryl methyl sites for hydroxylation is 1. The van der Waals surface area contributed by atoms with Crippen LogP contribution in [0.1, 0.15) is 32.0 Å². The molecule has 3 aromatic rings. The van der Waals surface area contributed by atoms with Gasteiger partial charge >= 0.3 is 0 Å². The van der Waals surface area contributed by atoms with Gasteiger partial charge in [-0.1, -0.05) is 13.8 Å².